The Morgan fingerprint density at radius 1 is 1.03 bits per heavy atom. The van der Waals surface area contributed by atoms with Crippen LogP contribution in [0.25, 0.3) is 0 Å². The van der Waals surface area contributed by atoms with Gasteiger partial charge in [-0.05, 0) is 67.8 Å². The Kier molecular flexibility index (Phi) is 8.27. The van der Waals surface area contributed by atoms with E-state index in [1.807, 2.05) is 24.3 Å². The number of nitrogens with one attached hydrogen (secondary N) is 1. The summed E-state index contributed by atoms with van der Waals surface area (Å²) in [7, 11) is 0. The highest BCUT2D eigenvalue weighted by Gasteiger charge is 2.40. The van der Waals surface area contributed by atoms with Gasteiger partial charge in [-0.2, -0.15) is 0 Å². The summed E-state index contributed by atoms with van der Waals surface area (Å²) in [5, 5.41) is 2.55. The summed E-state index contributed by atoms with van der Waals surface area (Å²) in [6.45, 7) is 2.76. The summed E-state index contributed by atoms with van der Waals surface area (Å²) in [6, 6.07) is 14.6. The largest absolute Gasteiger partial charge is 0.494 e. The number of amides is 3. The zero-order chi connectivity index (χ0) is 23.9. The molecule has 1 atom stereocenters. The van der Waals surface area contributed by atoms with Crippen LogP contribution in [0.5, 0.6) is 5.75 Å². The number of anilines is 2. The lowest BCUT2D eigenvalue weighted by molar-refractivity contribution is -0.122. The second-order valence-corrected chi connectivity index (χ2v) is 10.2. The zero-order valence-corrected chi connectivity index (χ0v) is 20.4. The van der Waals surface area contributed by atoms with Crippen molar-refractivity contribution in [2.75, 3.05) is 16.8 Å². The predicted molar refractivity (Wildman–Crippen MR) is 135 cm³/mol. The number of unbranched alkanes of at least 4 members (excludes halogenated alkanes) is 1. The molecule has 1 unspecified atom stereocenters. The third-order valence-corrected chi connectivity index (χ3v) is 7.54. The van der Waals surface area contributed by atoms with Crippen molar-refractivity contribution in [1.29, 1.82) is 0 Å². The fourth-order valence-electron chi connectivity index (χ4n) is 4.38. The van der Waals surface area contributed by atoms with Gasteiger partial charge in [0.1, 0.15) is 5.75 Å². The fraction of sp³-hybridized carbons (Fsp3) is 0.444. The second kappa shape index (κ2) is 11.6. The molecule has 1 aliphatic heterocycles. The van der Waals surface area contributed by atoms with E-state index < -0.39 is 5.25 Å². The van der Waals surface area contributed by atoms with Crippen LogP contribution >= 0.6 is 11.8 Å². The van der Waals surface area contributed by atoms with E-state index in [4.69, 9.17) is 4.74 Å². The SMILES string of the molecule is CCCCOc1ccc(N2C(=O)CC(Sc3ccc(NC(=O)C4CCCCC4)cc3)C2=O)cc1. The number of ether oxygens (including phenoxy) is 1. The molecular formula is C27H32N2O4S. The van der Waals surface area contributed by atoms with Gasteiger partial charge in [0.2, 0.25) is 17.7 Å². The summed E-state index contributed by atoms with van der Waals surface area (Å²) >= 11 is 1.38. The van der Waals surface area contributed by atoms with Gasteiger partial charge in [0.15, 0.2) is 0 Å². The Morgan fingerprint density at radius 3 is 2.41 bits per heavy atom. The number of thioether (sulfide) groups is 1. The molecule has 1 aliphatic carbocycles. The Bertz CT molecular complexity index is 1000. The van der Waals surface area contributed by atoms with Crippen LogP contribution in [-0.4, -0.2) is 29.6 Å². The minimum absolute atomic E-state index is 0.0918. The van der Waals surface area contributed by atoms with Crippen LogP contribution in [0.1, 0.15) is 58.3 Å². The van der Waals surface area contributed by atoms with E-state index in [0.29, 0.717) is 12.3 Å². The van der Waals surface area contributed by atoms with E-state index in [1.165, 1.54) is 23.1 Å². The molecule has 2 fully saturated rings. The number of benzene rings is 2. The number of imide groups is 1. The molecule has 0 aromatic heterocycles. The first-order chi connectivity index (χ1) is 16.5. The maximum absolute atomic E-state index is 13.0. The summed E-state index contributed by atoms with van der Waals surface area (Å²) in [5.41, 5.74) is 1.33. The Balaban J connectivity index is 1.33. The molecule has 1 N–H and O–H groups in total. The first-order valence-corrected chi connectivity index (χ1v) is 13.1. The van der Waals surface area contributed by atoms with Crippen molar-refractivity contribution in [2.24, 2.45) is 5.92 Å². The summed E-state index contributed by atoms with van der Waals surface area (Å²) in [6.07, 6.45) is 7.59. The van der Waals surface area contributed by atoms with Crippen molar-refractivity contribution < 1.29 is 19.1 Å². The van der Waals surface area contributed by atoms with Crippen LogP contribution in [0.4, 0.5) is 11.4 Å². The average Bonchev–Trinajstić information content (AvgIpc) is 3.14. The molecule has 1 saturated carbocycles. The number of hydrogen-bond donors (Lipinski definition) is 1. The van der Waals surface area contributed by atoms with Gasteiger partial charge in [-0.15, -0.1) is 11.8 Å². The Labute approximate surface area is 205 Å². The van der Waals surface area contributed by atoms with Crippen molar-refractivity contribution in [1.82, 2.24) is 0 Å². The van der Waals surface area contributed by atoms with E-state index in [1.54, 1.807) is 24.3 Å². The van der Waals surface area contributed by atoms with Gasteiger partial charge in [-0.3, -0.25) is 14.4 Å². The van der Waals surface area contributed by atoms with Crippen molar-refractivity contribution in [3.63, 3.8) is 0 Å². The lowest BCUT2D eigenvalue weighted by Gasteiger charge is -2.20. The minimum Gasteiger partial charge on any atom is -0.494 e. The lowest BCUT2D eigenvalue weighted by Crippen LogP contribution is -2.31. The van der Waals surface area contributed by atoms with Crippen LogP contribution < -0.4 is 15.0 Å². The fourth-order valence-corrected chi connectivity index (χ4v) is 5.44. The van der Waals surface area contributed by atoms with Gasteiger partial charge in [0, 0.05) is 22.9 Å². The molecule has 0 spiro atoms. The van der Waals surface area contributed by atoms with E-state index in [0.717, 1.165) is 54.9 Å². The van der Waals surface area contributed by atoms with Gasteiger partial charge in [0.25, 0.3) is 0 Å². The monoisotopic (exact) mass is 480 g/mol. The van der Waals surface area contributed by atoms with Gasteiger partial charge >= 0.3 is 0 Å². The van der Waals surface area contributed by atoms with Crippen molar-refractivity contribution in [3.8, 4) is 5.75 Å². The number of rotatable bonds is 9. The highest BCUT2D eigenvalue weighted by atomic mass is 32.2. The van der Waals surface area contributed by atoms with Crippen molar-refractivity contribution in [3.05, 3.63) is 48.5 Å². The van der Waals surface area contributed by atoms with Crippen LogP contribution in [0.15, 0.2) is 53.4 Å². The van der Waals surface area contributed by atoms with E-state index >= 15 is 0 Å². The molecule has 3 amide bonds. The molecule has 0 bridgehead atoms. The molecule has 34 heavy (non-hydrogen) atoms. The average molecular weight is 481 g/mol. The van der Waals surface area contributed by atoms with E-state index in [2.05, 4.69) is 12.2 Å². The van der Waals surface area contributed by atoms with Gasteiger partial charge in [0.05, 0.1) is 17.5 Å². The first kappa shape index (κ1) is 24.3. The molecule has 4 rings (SSSR count). The molecule has 2 aliphatic rings. The quantitative estimate of drug-likeness (QED) is 0.362. The highest BCUT2D eigenvalue weighted by molar-refractivity contribution is 8.00. The smallest absolute Gasteiger partial charge is 0.247 e. The molecule has 2 aromatic carbocycles. The molecule has 0 radical (unpaired) electrons. The van der Waals surface area contributed by atoms with Gasteiger partial charge in [-0.25, -0.2) is 4.90 Å². The molecule has 1 saturated heterocycles. The number of nitrogens with zero attached hydrogens (tertiary/aromatic N) is 1. The first-order valence-electron chi connectivity index (χ1n) is 12.2. The van der Waals surface area contributed by atoms with Crippen LogP contribution in [-0.2, 0) is 14.4 Å². The Hall–Kier alpha value is -2.80. The number of hydrogen-bond acceptors (Lipinski definition) is 5. The van der Waals surface area contributed by atoms with E-state index in [9.17, 15) is 14.4 Å². The van der Waals surface area contributed by atoms with Gasteiger partial charge in [-0.1, -0.05) is 32.6 Å². The lowest BCUT2D eigenvalue weighted by atomic mass is 9.88. The molecular weight excluding hydrogens is 448 g/mol. The molecule has 1 heterocycles. The molecule has 7 heteroatoms. The summed E-state index contributed by atoms with van der Waals surface area (Å²) < 4.78 is 5.67. The standard InChI is InChI=1S/C27H32N2O4S/c1-2-3-17-33-22-13-11-21(12-14-22)29-25(30)18-24(27(29)32)34-23-15-9-20(10-16-23)28-26(31)19-7-5-4-6-8-19/h9-16,19,24H,2-8,17-18H2,1H3,(H,28,31). The summed E-state index contributed by atoms with van der Waals surface area (Å²) in [4.78, 5) is 40.2. The predicted octanol–water partition coefficient (Wildman–Crippen LogP) is 5.81. The normalized spacial score (nSPS) is 18.9. The van der Waals surface area contributed by atoms with Crippen LogP contribution in [0.2, 0.25) is 0 Å². The molecule has 6 nitrogen and oxygen atoms in total. The van der Waals surface area contributed by atoms with E-state index in [-0.39, 0.29) is 30.1 Å². The Morgan fingerprint density at radius 2 is 1.74 bits per heavy atom. The number of carbonyl (C=O) groups excluding carboxylic acids is 3. The maximum Gasteiger partial charge on any atom is 0.247 e. The third-order valence-electron chi connectivity index (χ3n) is 6.34. The minimum atomic E-state index is -0.462. The third kappa shape index (κ3) is 6.00. The number of carbonyl (C=O) groups is 3. The topological polar surface area (TPSA) is 75.7 Å². The zero-order valence-electron chi connectivity index (χ0n) is 19.6. The molecule has 2 aromatic rings. The molecule has 180 valence electrons. The summed E-state index contributed by atoms with van der Waals surface area (Å²) in [5.74, 6) is 0.530. The van der Waals surface area contributed by atoms with Crippen LogP contribution in [0, 0.1) is 5.92 Å². The second-order valence-electron chi connectivity index (χ2n) is 8.92. The van der Waals surface area contributed by atoms with Crippen molar-refractivity contribution >= 4 is 40.9 Å². The van der Waals surface area contributed by atoms with Crippen molar-refractivity contribution in [2.45, 2.75) is 68.4 Å². The van der Waals surface area contributed by atoms with Crippen LogP contribution in [0.3, 0.4) is 0 Å². The van der Waals surface area contributed by atoms with Gasteiger partial charge < -0.3 is 10.1 Å². The maximum atomic E-state index is 13.0. The highest BCUT2D eigenvalue weighted by Crippen LogP contribution is 2.35.